The summed E-state index contributed by atoms with van der Waals surface area (Å²) in [5, 5.41) is 0.207. The lowest BCUT2D eigenvalue weighted by Crippen LogP contribution is -2.40. The minimum Gasteiger partial charge on any atom is -0.340 e. The smallest absolute Gasteiger partial charge is 0.241 e. The van der Waals surface area contributed by atoms with Crippen molar-refractivity contribution in [1.82, 2.24) is 24.5 Å². The molecular weight excluding hydrogens is 288 g/mol. The molecule has 1 aliphatic carbocycles. The molecule has 0 amide bonds. The van der Waals surface area contributed by atoms with E-state index in [9.17, 15) is 0 Å². The lowest BCUT2D eigenvalue weighted by Gasteiger charge is -2.36. The van der Waals surface area contributed by atoms with E-state index in [1.807, 2.05) is 7.05 Å². The third-order valence-electron chi connectivity index (χ3n) is 4.20. The molecule has 2 atom stereocenters. The van der Waals surface area contributed by atoms with E-state index in [1.54, 1.807) is 23.3 Å². The molecule has 2 aromatic rings. The molecule has 2 unspecified atom stereocenters. The van der Waals surface area contributed by atoms with Crippen LogP contribution in [0.3, 0.4) is 0 Å². The van der Waals surface area contributed by atoms with E-state index in [1.165, 1.54) is 25.7 Å². The molecule has 0 spiro atoms. The molecule has 0 radical (unpaired) electrons. The van der Waals surface area contributed by atoms with E-state index < -0.39 is 0 Å². The van der Waals surface area contributed by atoms with Gasteiger partial charge in [-0.2, -0.15) is 15.0 Å². The Morgan fingerprint density at radius 2 is 2.05 bits per heavy atom. The first-order valence-electron chi connectivity index (χ1n) is 7.28. The van der Waals surface area contributed by atoms with Crippen LogP contribution in [0.1, 0.15) is 32.6 Å². The molecule has 112 valence electrons. The van der Waals surface area contributed by atoms with E-state index in [-0.39, 0.29) is 5.28 Å². The van der Waals surface area contributed by atoms with Crippen molar-refractivity contribution in [3.05, 3.63) is 24.0 Å². The Morgan fingerprint density at radius 3 is 2.76 bits per heavy atom. The molecule has 2 aromatic heterocycles. The molecule has 0 aromatic carbocycles. The lowest BCUT2D eigenvalue weighted by molar-refractivity contribution is 0.319. The van der Waals surface area contributed by atoms with Crippen LogP contribution < -0.4 is 4.90 Å². The summed E-state index contributed by atoms with van der Waals surface area (Å²) in [6.45, 7) is 2.29. The molecule has 2 heterocycles. The molecule has 7 heteroatoms. The van der Waals surface area contributed by atoms with Crippen LogP contribution in [-0.4, -0.2) is 37.6 Å². The van der Waals surface area contributed by atoms with E-state index >= 15 is 0 Å². The normalized spacial score (nSPS) is 22.2. The van der Waals surface area contributed by atoms with Crippen LogP contribution in [0.5, 0.6) is 0 Å². The molecular formula is C14H19ClN6. The molecule has 1 saturated carbocycles. The van der Waals surface area contributed by atoms with Gasteiger partial charge in [0.15, 0.2) is 0 Å². The zero-order valence-corrected chi connectivity index (χ0v) is 13.0. The summed E-state index contributed by atoms with van der Waals surface area (Å²) in [5.41, 5.74) is 0. The fourth-order valence-corrected chi connectivity index (χ4v) is 3.15. The summed E-state index contributed by atoms with van der Waals surface area (Å²) in [5.74, 6) is 1.76. The van der Waals surface area contributed by atoms with Crippen molar-refractivity contribution in [2.24, 2.45) is 5.92 Å². The Morgan fingerprint density at radius 1 is 1.24 bits per heavy atom. The summed E-state index contributed by atoms with van der Waals surface area (Å²) in [7, 11) is 2.04. The highest BCUT2D eigenvalue weighted by atomic mass is 35.5. The second-order valence-corrected chi connectivity index (χ2v) is 5.95. The van der Waals surface area contributed by atoms with Crippen LogP contribution in [0.4, 0.5) is 5.95 Å². The quantitative estimate of drug-likeness (QED) is 0.872. The fraction of sp³-hybridized carbons (Fsp3) is 0.571. The van der Waals surface area contributed by atoms with Crippen molar-refractivity contribution < 1.29 is 0 Å². The second kappa shape index (κ2) is 5.97. The van der Waals surface area contributed by atoms with Crippen molar-refractivity contribution in [3.8, 4) is 5.95 Å². The number of imidazole rings is 1. The van der Waals surface area contributed by atoms with Gasteiger partial charge in [-0.05, 0) is 30.4 Å². The van der Waals surface area contributed by atoms with Crippen molar-refractivity contribution in [1.29, 1.82) is 0 Å². The second-order valence-electron chi connectivity index (χ2n) is 5.61. The summed E-state index contributed by atoms with van der Waals surface area (Å²) >= 11 is 6.06. The Kier molecular flexibility index (Phi) is 4.05. The Hall–Kier alpha value is -1.69. The fourth-order valence-electron chi connectivity index (χ4n) is 3.00. The van der Waals surface area contributed by atoms with E-state index in [2.05, 4.69) is 31.8 Å². The van der Waals surface area contributed by atoms with Crippen molar-refractivity contribution in [3.63, 3.8) is 0 Å². The maximum atomic E-state index is 6.06. The molecule has 0 aliphatic heterocycles. The minimum atomic E-state index is 0.207. The molecule has 0 saturated heterocycles. The topological polar surface area (TPSA) is 59.7 Å². The van der Waals surface area contributed by atoms with Gasteiger partial charge in [0.05, 0.1) is 0 Å². The number of nitrogens with zero attached hydrogens (tertiary/aromatic N) is 6. The molecule has 3 rings (SSSR count). The molecule has 21 heavy (non-hydrogen) atoms. The van der Waals surface area contributed by atoms with Gasteiger partial charge in [0.25, 0.3) is 0 Å². The van der Waals surface area contributed by atoms with Gasteiger partial charge < -0.3 is 4.90 Å². The van der Waals surface area contributed by atoms with Crippen molar-refractivity contribution in [2.45, 2.75) is 38.6 Å². The molecule has 6 nitrogen and oxygen atoms in total. The number of halogens is 1. The number of hydrogen-bond donors (Lipinski definition) is 0. The van der Waals surface area contributed by atoms with Crippen LogP contribution in [0.25, 0.3) is 5.95 Å². The van der Waals surface area contributed by atoms with Crippen molar-refractivity contribution >= 4 is 17.5 Å². The van der Waals surface area contributed by atoms with E-state index in [0.717, 1.165) is 0 Å². The monoisotopic (exact) mass is 306 g/mol. The Labute approximate surface area is 129 Å². The van der Waals surface area contributed by atoms with Crippen LogP contribution in [0, 0.1) is 5.92 Å². The Balaban J connectivity index is 1.91. The zero-order chi connectivity index (χ0) is 14.8. The lowest BCUT2D eigenvalue weighted by atomic mass is 9.85. The van der Waals surface area contributed by atoms with Gasteiger partial charge in [0.1, 0.15) is 6.33 Å². The highest BCUT2D eigenvalue weighted by molar-refractivity contribution is 6.28. The predicted molar refractivity (Wildman–Crippen MR) is 81.8 cm³/mol. The van der Waals surface area contributed by atoms with Gasteiger partial charge in [0, 0.05) is 25.5 Å². The van der Waals surface area contributed by atoms with Crippen molar-refractivity contribution in [2.75, 3.05) is 11.9 Å². The first-order valence-corrected chi connectivity index (χ1v) is 7.65. The first-order chi connectivity index (χ1) is 10.1. The number of rotatable bonds is 3. The standard InChI is InChI=1S/C14H19ClN6/c1-10-5-3-4-6-11(10)20(2)13-17-12(15)18-14(19-13)21-8-7-16-9-21/h7-11H,3-6H2,1-2H3. The average Bonchev–Trinajstić information content (AvgIpc) is 3.01. The third-order valence-corrected chi connectivity index (χ3v) is 4.37. The summed E-state index contributed by atoms with van der Waals surface area (Å²) in [6, 6.07) is 0.452. The molecule has 0 N–H and O–H groups in total. The van der Waals surface area contributed by atoms with Gasteiger partial charge >= 0.3 is 0 Å². The van der Waals surface area contributed by atoms with Gasteiger partial charge in [-0.25, -0.2) is 4.98 Å². The third kappa shape index (κ3) is 3.00. The zero-order valence-electron chi connectivity index (χ0n) is 12.3. The largest absolute Gasteiger partial charge is 0.340 e. The van der Waals surface area contributed by atoms with E-state index in [0.29, 0.717) is 23.9 Å². The van der Waals surface area contributed by atoms with Gasteiger partial charge in [-0.3, -0.25) is 4.57 Å². The SMILES string of the molecule is CC1CCCCC1N(C)c1nc(Cl)nc(-n2ccnc2)n1. The highest BCUT2D eigenvalue weighted by Crippen LogP contribution is 2.29. The average molecular weight is 307 g/mol. The number of anilines is 1. The predicted octanol–water partition coefficient (Wildman–Crippen LogP) is 2.73. The maximum absolute atomic E-state index is 6.06. The minimum absolute atomic E-state index is 0.207. The van der Waals surface area contributed by atoms with Gasteiger partial charge in [0.2, 0.25) is 17.2 Å². The molecule has 0 bridgehead atoms. The number of aromatic nitrogens is 5. The Bertz CT molecular complexity index is 600. The first kappa shape index (κ1) is 14.3. The summed E-state index contributed by atoms with van der Waals surface area (Å²) in [4.78, 5) is 19.1. The molecule has 1 aliphatic rings. The summed E-state index contributed by atoms with van der Waals surface area (Å²) in [6.07, 6.45) is 10.1. The maximum Gasteiger partial charge on any atom is 0.241 e. The van der Waals surface area contributed by atoms with Gasteiger partial charge in [-0.1, -0.05) is 19.8 Å². The van der Waals surface area contributed by atoms with Crippen LogP contribution in [0.15, 0.2) is 18.7 Å². The number of hydrogen-bond acceptors (Lipinski definition) is 5. The summed E-state index contributed by atoms with van der Waals surface area (Å²) < 4.78 is 1.73. The molecule has 1 fully saturated rings. The van der Waals surface area contributed by atoms with Crippen LogP contribution in [-0.2, 0) is 0 Å². The van der Waals surface area contributed by atoms with Gasteiger partial charge in [-0.15, -0.1) is 0 Å². The van der Waals surface area contributed by atoms with Crippen LogP contribution in [0.2, 0.25) is 5.28 Å². The highest BCUT2D eigenvalue weighted by Gasteiger charge is 2.27. The van der Waals surface area contributed by atoms with Crippen LogP contribution >= 0.6 is 11.6 Å². The van der Waals surface area contributed by atoms with E-state index in [4.69, 9.17) is 11.6 Å².